The lowest BCUT2D eigenvalue weighted by Gasteiger charge is -2.30. The van der Waals surface area contributed by atoms with Gasteiger partial charge in [-0.15, -0.1) is 0 Å². The Bertz CT molecular complexity index is 2440. The summed E-state index contributed by atoms with van der Waals surface area (Å²) >= 11 is 0. The molecule has 1 heterocycles. The quantitative estimate of drug-likeness (QED) is 0.196. The van der Waals surface area contributed by atoms with E-state index in [2.05, 4.69) is 146 Å². The van der Waals surface area contributed by atoms with Gasteiger partial charge in [0.25, 0.3) is 0 Å². The number of hydrogen-bond donors (Lipinski definition) is 0. The average molecular weight is 605 g/mol. The highest BCUT2D eigenvalue weighted by atomic mass is 16.3. The van der Waals surface area contributed by atoms with Crippen LogP contribution in [0.4, 0.5) is 17.1 Å². The topological polar surface area (TPSA) is 29.3 Å². The molecule has 8 aromatic rings. The lowest BCUT2D eigenvalue weighted by molar-refractivity contribution is 0.623. The SMILES string of the molecule is CC1(C)c2ccccc2-c2cc(N(c3ccccc3-c3ccccc3)c3cc4nc(-c5ccccc5)oc4c4ccccc34)ccc21. The summed E-state index contributed by atoms with van der Waals surface area (Å²) in [5, 5.41) is 2.13. The van der Waals surface area contributed by atoms with Crippen LogP contribution in [0.25, 0.3) is 55.6 Å². The second-order valence-corrected chi connectivity index (χ2v) is 12.8. The molecule has 3 nitrogen and oxygen atoms in total. The summed E-state index contributed by atoms with van der Waals surface area (Å²) in [6.45, 7) is 4.66. The third-order valence-electron chi connectivity index (χ3n) is 9.69. The summed E-state index contributed by atoms with van der Waals surface area (Å²) < 4.78 is 6.50. The van der Waals surface area contributed by atoms with Crippen molar-refractivity contribution in [2.45, 2.75) is 19.3 Å². The lowest BCUT2D eigenvalue weighted by atomic mass is 9.82. The maximum atomic E-state index is 6.50. The zero-order valence-electron chi connectivity index (χ0n) is 26.3. The predicted molar refractivity (Wildman–Crippen MR) is 195 cm³/mol. The zero-order chi connectivity index (χ0) is 31.5. The Morgan fingerprint density at radius 2 is 1.13 bits per heavy atom. The largest absolute Gasteiger partial charge is 0.435 e. The van der Waals surface area contributed by atoms with Crippen LogP contribution in [-0.2, 0) is 5.41 Å². The van der Waals surface area contributed by atoms with Crippen LogP contribution in [0.3, 0.4) is 0 Å². The first-order chi connectivity index (χ1) is 23.1. The molecule has 1 aromatic heterocycles. The van der Waals surface area contributed by atoms with Crippen LogP contribution in [-0.4, -0.2) is 4.98 Å². The molecule has 0 saturated heterocycles. The van der Waals surface area contributed by atoms with Gasteiger partial charge in [0.05, 0.1) is 11.4 Å². The van der Waals surface area contributed by atoms with Crippen molar-refractivity contribution >= 4 is 38.9 Å². The Balaban J connectivity index is 1.34. The molecule has 0 atom stereocenters. The Labute approximate surface area is 274 Å². The fourth-order valence-corrected chi connectivity index (χ4v) is 7.41. The van der Waals surface area contributed by atoms with E-state index >= 15 is 0 Å². The second kappa shape index (κ2) is 10.6. The van der Waals surface area contributed by atoms with Crippen molar-refractivity contribution in [3.8, 4) is 33.7 Å². The van der Waals surface area contributed by atoms with Gasteiger partial charge in [-0.3, -0.25) is 0 Å². The summed E-state index contributed by atoms with van der Waals surface area (Å²) in [6, 6.07) is 56.0. The Hall–Kier alpha value is -5.93. The van der Waals surface area contributed by atoms with E-state index in [-0.39, 0.29) is 5.41 Å². The minimum absolute atomic E-state index is 0.0720. The Morgan fingerprint density at radius 3 is 1.91 bits per heavy atom. The fourth-order valence-electron chi connectivity index (χ4n) is 7.41. The highest BCUT2D eigenvalue weighted by Crippen LogP contribution is 2.52. The first-order valence-electron chi connectivity index (χ1n) is 16.1. The molecule has 7 aromatic carbocycles. The molecule has 0 unspecified atom stereocenters. The van der Waals surface area contributed by atoms with E-state index in [1.54, 1.807) is 0 Å². The summed E-state index contributed by atoms with van der Waals surface area (Å²) in [5.41, 5.74) is 13.4. The minimum atomic E-state index is -0.0720. The van der Waals surface area contributed by atoms with Gasteiger partial charge < -0.3 is 9.32 Å². The standard InChI is InChI=1S/C44H32N2O/c1-44(2)37-23-13-11-20-33(37)36-27-31(25-26-38(36)44)46(40-24-14-12-19-32(40)29-15-5-3-6-16-29)41-28-39-42(35-22-10-9-21-34(35)41)47-43(45-39)30-17-7-4-8-18-30/h3-28H,1-2H3. The summed E-state index contributed by atoms with van der Waals surface area (Å²) in [4.78, 5) is 7.47. The normalized spacial score (nSPS) is 13.1. The van der Waals surface area contributed by atoms with E-state index in [4.69, 9.17) is 9.40 Å². The van der Waals surface area contributed by atoms with Crippen molar-refractivity contribution in [2.24, 2.45) is 0 Å². The van der Waals surface area contributed by atoms with Gasteiger partial charge in [-0.05, 0) is 64.2 Å². The van der Waals surface area contributed by atoms with Gasteiger partial charge in [-0.1, -0.05) is 135 Å². The molecule has 3 heteroatoms. The van der Waals surface area contributed by atoms with Gasteiger partial charge in [0.2, 0.25) is 5.89 Å². The molecule has 0 N–H and O–H groups in total. The second-order valence-electron chi connectivity index (χ2n) is 12.8. The summed E-state index contributed by atoms with van der Waals surface area (Å²) in [5.74, 6) is 0.621. The molecular formula is C44H32N2O. The number of fused-ring (bicyclic) bond motifs is 6. The number of anilines is 3. The van der Waals surface area contributed by atoms with Crippen LogP contribution in [0.5, 0.6) is 0 Å². The van der Waals surface area contributed by atoms with Crippen LogP contribution < -0.4 is 4.90 Å². The first-order valence-corrected chi connectivity index (χ1v) is 16.1. The van der Waals surface area contributed by atoms with E-state index in [0.29, 0.717) is 5.89 Å². The molecule has 0 bridgehead atoms. The minimum Gasteiger partial charge on any atom is -0.435 e. The van der Waals surface area contributed by atoms with Crippen LogP contribution in [0, 0.1) is 0 Å². The molecular weight excluding hydrogens is 572 g/mol. The van der Waals surface area contributed by atoms with E-state index in [0.717, 1.165) is 50.1 Å². The average Bonchev–Trinajstić information content (AvgIpc) is 3.66. The molecule has 0 fully saturated rings. The van der Waals surface area contributed by atoms with E-state index in [1.807, 2.05) is 30.3 Å². The third kappa shape index (κ3) is 4.31. The Morgan fingerprint density at radius 1 is 0.511 bits per heavy atom. The molecule has 0 aliphatic heterocycles. The molecule has 1 aliphatic carbocycles. The maximum absolute atomic E-state index is 6.50. The molecule has 224 valence electrons. The molecule has 0 amide bonds. The lowest BCUT2D eigenvalue weighted by Crippen LogP contribution is -2.15. The van der Waals surface area contributed by atoms with Gasteiger partial charge in [0.15, 0.2) is 5.58 Å². The number of para-hydroxylation sites is 1. The van der Waals surface area contributed by atoms with Gasteiger partial charge in [-0.25, -0.2) is 4.98 Å². The van der Waals surface area contributed by atoms with Crippen molar-refractivity contribution in [3.63, 3.8) is 0 Å². The number of rotatable bonds is 5. The Kier molecular flexibility index (Phi) is 6.16. The molecule has 0 saturated carbocycles. The maximum Gasteiger partial charge on any atom is 0.227 e. The van der Waals surface area contributed by atoms with Gasteiger partial charge in [0, 0.05) is 33.0 Å². The van der Waals surface area contributed by atoms with Crippen LogP contribution >= 0.6 is 0 Å². The van der Waals surface area contributed by atoms with Crippen LogP contribution in [0.2, 0.25) is 0 Å². The number of hydrogen-bond acceptors (Lipinski definition) is 3. The smallest absolute Gasteiger partial charge is 0.227 e. The van der Waals surface area contributed by atoms with E-state index in [1.165, 1.54) is 27.8 Å². The number of benzene rings is 7. The van der Waals surface area contributed by atoms with Gasteiger partial charge in [0.1, 0.15) is 5.52 Å². The number of oxazole rings is 1. The third-order valence-corrected chi connectivity index (χ3v) is 9.69. The van der Waals surface area contributed by atoms with Crippen molar-refractivity contribution in [3.05, 3.63) is 169 Å². The van der Waals surface area contributed by atoms with E-state index in [9.17, 15) is 0 Å². The van der Waals surface area contributed by atoms with Crippen molar-refractivity contribution < 1.29 is 4.42 Å². The number of nitrogens with zero attached hydrogens (tertiary/aromatic N) is 2. The zero-order valence-corrected chi connectivity index (χ0v) is 26.3. The fraction of sp³-hybridized carbons (Fsp3) is 0.0682. The highest BCUT2D eigenvalue weighted by Gasteiger charge is 2.36. The highest BCUT2D eigenvalue weighted by molar-refractivity contribution is 6.12. The molecule has 0 spiro atoms. The van der Waals surface area contributed by atoms with Crippen LogP contribution in [0.1, 0.15) is 25.0 Å². The molecule has 1 aliphatic rings. The molecule has 9 rings (SSSR count). The van der Waals surface area contributed by atoms with Gasteiger partial charge in [-0.2, -0.15) is 0 Å². The van der Waals surface area contributed by atoms with Crippen molar-refractivity contribution in [1.82, 2.24) is 4.98 Å². The molecule has 0 radical (unpaired) electrons. The van der Waals surface area contributed by atoms with E-state index < -0.39 is 0 Å². The van der Waals surface area contributed by atoms with Gasteiger partial charge >= 0.3 is 0 Å². The van der Waals surface area contributed by atoms with Crippen molar-refractivity contribution in [1.29, 1.82) is 0 Å². The number of aromatic nitrogens is 1. The molecule has 47 heavy (non-hydrogen) atoms. The predicted octanol–water partition coefficient (Wildman–Crippen LogP) is 12.1. The summed E-state index contributed by atoms with van der Waals surface area (Å²) in [6.07, 6.45) is 0. The first kappa shape index (κ1) is 27.4. The summed E-state index contributed by atoms with van der Waals surface area (Å²) in [7, 11) is 0. The monoisotopic (exact) mass is 604 g/mol. The van der Waals surface area contributed by atoms with Crippen molar-refractivity contribution in [2.75, 3.05) is 4.90 Å². The van der Waals surface area contributed by atoms with Crippen LogP contribution in [0.15, 0.2) is 162 Å².